The summed E-state index contributed by atoms with van der Waals surface area (Å²) in [6.45, 7) is 6.39. The van der Waals surface area contributed by atoms with Crippen LogP contribution in [0.1, 0.15) is 5.82 Å². The number of hydrogen-bond acceptors (Lipinski definition) is 6. The molecule has 0 saturated carbocycles. The van der Waals surface area contributed by atoms with Gasteiger partial charge in [0.1, 0.15) is 0 Å². The molecule has 2 fully saturated rings. The molecule has 0 spiro atoms. The van der Waals surface area contributed by atoms with Crippen LogP contribution >= 0.6 is 0 Å². The number of amides is 2. The molecule has 1 aromatic carbocycles. The summed E-state index contributed by atoms with van der Waals surface area (Å²) in [5.41, 5.74) is 0.952. The van der Waals surface area contributed by atoms with Gasteiger partial charge in [-0.25, -0.2) is 4.79 Å². The van der Waals surface area contributed by atoms with E-state index in [9.17, 15) is 4.79 Å². The second-order valence-corrected chi connectivity index (χ2v) is 6.49. The molecular formula is C17H23N7O2. The summed E-state index contributed by atoms with van der Waals surface area (Å²) in [5.74, 6) is 0.809. The van der Waals surface area contributed by atoms with Crippen LogP contribution in [0, 0.1) is 0 Å². The third-order valence-electron chi connectivity index (χ3n) is 4.82. The van der Waals surface area contributed by atoms with Gasteiger partial charge in [0.2, 0.25) is 0 Å². The third kappa shape index (κ3) is 3.68. The quantitative estimate of drug-likeness (QED) is 0.783. The summed E-state index contributed by atoms with van der Waals surface area (Å²) in [5, 5.41) is 12.1. The lowest BCUT2D eigenvalue weighted by Crippen LogP contribution is -2.54. The smallest absolute Gasteiger partial charge is 0.320 e. The summed E-state index contributed by atoms with van der Waals surface area (Å²) in [7, 11) is 0. The van der Waals surface area contributed by atoms with E-state index in [-0.39, 0.29) is 6.03 Å². The summed E-state index contributed by atoms with van der Waals surface area (Å²) in [6.07, 6.45) is 0. The molecule has 26 heavy (non-hydrogen) atoms. The van der Waals surface area contributed by atoms with Crippen LogP contribution in [0.2, 0.25) is 0 Å². The Morgan fingerprint density at radius 3 is 2.38 bits per heavy atom. The second-order valence-electron chi connectivity index (χ2n) is 6.49. The molecule has 2 aliphatic rings. The Labute approximate surface area is 152 Å². The largest absolute Gasteiger partial charge is 0.378 e. The van der Waals surface area contributed by atoms with Crippen molar-refractivity contribution in [2.24, 2.45) is 0 Å². The monoisotopic (exact) mass is 357 g/mol. The highest BCUT2D eigenvalue weighted by Crippen LogP contribution is 2.12. The molecule has 2 amide bonds. The predicted molar refractivity (Wildman–Crippen MR) is 93.8 cm³/mol. The molecule has 2 aliphatic heterocycles. The van der Waals surface area contributed by atoms with Crippen molar-refractivity contribution in [3.8, 4) is 5.69 Å². The zero-order valence-electron chi connectivity index (χ0n) is 14.7. The minimum atomic E-state index is 0.127. The number of morpholine rings is 1. The average molecular weight is 357 g/mol. The Morgan fingerprint density at radius 2 is 1.65 bits per heavy atom. The Hall–Kier alpha value is -2.52. The molecule has 9 nitrogen and oxygen atoms in total. The molecule has 0 radical (unpaired) electrons. The van der Waals surface area contributed by atoms with Crippen molar-refractivity contribution in [2.75, 3.05) is 52.5 Å². The molecule has 1 aromatic heterocycles. The number of piperazine rings is 1. The number of tetrazole rings is 1. The van der Waals surface area contributed by atoms with Crippen LogP contribution in [-0.2, 0) is 11.3 Å². The first-order valence-corrected chi connectivity index (χ1v) is 8.98. The minimum Gasteiger partial charge on any atom is -0.378 e. The van der Waals surface area contributed by atoms with Gasteiger partial charge in [-0.15, -0.1) is 5.10 Å². The molecule has 2 aromatic rings. The summed E-state index contributed by atoms with van der Waals surface area (Å²) in [4.78, 5) is 18.7. The van der Waals surface area contributed by atoms with E-state index in [0.717, 1.165) is 37.7 Å². The van der Waals surface area contributed by atoms with Gasteiger partial charge in [-0.2, -0.15) is 4.68 Å². The van der Waals surface area contributed by atoms with Crippen LogP contribution in [0.25, 0.3) is 5.69 Å². The number of nitrogens with zero attached hydrogens (tertiary/aromatic N) is 7. The maximum Gasteiger partial charge on any atom is 0.320 e. The van der Waals surface area contributed by atoms with Crippen molar-refractivity contribution in [1.82, 2.24) is 34.9 Å². The Bertz CT molecular complexity index is 722. The van der Waals surface area contributed by atoms with Gasteiger partial charge in [-0.1, -0.05) is 18.2 Å². The van der Waals surface area contributed by atoms with Gasteiger partial charge in [0.15, 0.2) is 5.82 Å². The van der Waals surface area contributed by atoms with Crippen LogP contribution in [0.5, 0.6) is 0 Å². The minimum absolute atomic E-state index is 0.127. The molecule has 138 valence electrons. The van der Waals surface area contributed by atoms with Crippen molar-refractivity contribution in [3.05, 3.63) is 36.2 Å². The van der Waals surface area contributed by atoms with Crippen molar-refractivity contribution in [1.29, 1.82) is 0 Å². The van der Waals surface area contributed by atoms with E-state index in [1.165, 1.54) is 0 Å². The first kappa shape index (κ1) is 16.9. The molecule has 0 atom stereocenters. The van der Waals surface area contributed by atoms with Crippen LogP contribution < -0.4 is 0 Å². The Kier molecular flexibility index (Phi) is 5.07. The van der Waals surface area contributed by atoms with E-state index >= 15 is 0 Å². The number of urea groups is 1. The van der Waals surface area contributed by atoms with E-state index in [1.807, 2.05) is 40.1 Å². The van der Waals surface area contributed by atoms with Crippen molar-refractivity contribution in [3.63, 3.8) is 0 Å². The van der Waals surface area contributed by atoms with Crippen LogP contribution in [0.4, 0.5) is 4.79 Å². The maximum absolute atomic E-state index is 12.6. The van der Waals surface area contributed by atoms with Gasteiger partial charge in [0.05, 0.1) is 25.4 Å². The van der Waals surface area contributed by atoms with E-state index in [4.69, 9.17) is 4.74 Å². The normalized spacial score (nSPS) is 18.9. The first-order chi connectivity index (χ1) is 12.8. The highest BCUT2D eigenvalue weighted by molar-refractivity contribution is 5.74. The topological polar surface area (TPSA) is 79.6 Å². The fourth-order valence-electron chi connectivity index (χ4n) is 3.33. The van der Waals surface area contributed by atoms with E-state index in [1.54, 1.807) is 4.68 Å². The summed E-state index contributed by atoms with van der Waals surface area (Å²) >= 11 is 0. The second kappa shape index (κ2) is 7.79. The van der Waals surface area contributed by atoms with Gasteiger partial charge < -0.3 is 14.5 Å². The van der Waals surface area contributed by atoms with Gasteiger partial charge >= 0.3 is 6.03 Å². The number of para-hydroxylation sites is 1. The summed E-state index contributed by atoms with van der Waals surface area (Å²) in [6, 6.07) is 10.0. The van der Waals surface area contributed by atoms with Crippen LogP contribution in [-0.4, -0.2) is 93.4 Å². The Morgan fingerprint density at radius 1 is 0.962 bits per heavy atom. The van der Waals surface area contributed by atoms with Gasteiger partial charge in [-0.05, 0) is 22.6 Å². The number of rotatable bonds is 3. The maximum atomic E-state index is 12.6. The van der Waals surface area contributed by atoms with Gasteiger partial charge in [-0.3, -0.25) is 4.90 Å². The molecular weight excluding hydrogens is 334 g/mol. The van der Waals surface area contributed by atoms with Gasteiger partial charge in [0.25, 0.3) is 0 Å². The highest BCUT2D eigenvalue weighted by Gasteiger charge is 2.27. The third-order valence-corrected chi connectivity index (χ3v) is 4.82. The van der Waals surface area contributed by atoms with Crippen LogP contribution in [0.3, 0.4) is 0 Å². The fraction of sp³-hybridized carbons (Fsp3) is 0.529. The molecule has 2 saturated heterocycles. The van der Waals surface area contributed by atoms with Gasteiger partial charge in [0, 0.05) is 39.3 Å². The predicted octanol–water partition coefficient (Wildman–Crippen LogP) is 0.232. The average Bonchev–Trinajstić information content (AvgIpc) is 3.17. The number of benzene rings is 1. The molecule has 9 heteroatoms. The lowest BCUT2D eigenvalue weighted by molar-refractivity contribution is 0.0371. The van der Waals surface area contributed by atoms with Crippen LogP contribution in [0.15, 0.2) is 30.3 Å². The SMILES string of the molecule is O=C(N1CCOCC1)N1CCN(Cc2nnnn2-c2ccccc2)CC1. The van der Waals surface area contributed by atoms with Crippen molar-refractivity contribution >= 4 is 6.03 Å². The number of carbonyl (C=O) groups excluding carboxylic acids is 1. The molecule has 3 heterocycles. The van der Waals surface area contributed by atoms with Crippen molar-refractivity contribution in [2.45, 2.75) is 6.54 Å². The molecule has 0 unspecified atom stereocenters. The standard InChI is InChI=1S/C17H23N7O2/c25-17(23-10-12-26-13-11-23)22-8-6-21(7-9-22)14-16-18-19-20-24(16)15-4-2-1-3-5-15/h1-5H,6-14H2. The highest BCUT2D eigenvalue weighted by atomic mass is 16.5. The Balaban J connectivity index is 1.33. The lowest BCUT2D eigenvalue weighted by Gasteiger charge is -2.38. The molecule has 0 bridgehead atoms. The van der Waals surface area contributed by atoms with Crippen molar-refractivity contribution < 1.29 is 9.53 Å². The number of hydrogen-bond donors (Lipinski definition) is 0. The molecule has 4 rings (SSSR count). The number of carbonyl (C=O) groups is 1. The van der Waals surface area contributed by atoms with E-state index in [0.29, 0.717) is 32.8 Å². The summed E-state index contributed by atoms with van der Waals surface area (Å²) < 4.78 is 7.09. The lowest BCUT2D eigenvalue weighted by atomic mass is 10.3. The molecule has 0 aliphatic carbocycles. The fourth-order valence-corrected chi connectivity index (χ4v) is 3.33. The zero-order valence-corrected chi connectivity index (χ0v) is 14.7. The van der Waals surface area contributed by atoms with E-state index < -0.39 is 0 Å². The number of aromatic nitrogens is 4. The zero-order chi connectivity index (χ0) is 17.8. The van der Waals surface area contributed by atoms with E-state index in [2.05, 4.69) is 20.4 Å². The first-order valence-electron chi connectivity index (χ1n) is 8.98. The number of ether oxygens (including phenoxy) is 1. The molecule has 0 N–H and O–H groups in total.